The van der Waals surface area contributed by atoms with Crippen LogP contribution in [0.4, 0.5) is 5.69 Å². The number of rotatable bonds is 5. The molecule has 24 heavy (non-hydrogen) atoms. The summed E-state index contributed by atoms with van der Waals surface area (Å²) in [6.07, 6.45) is 1.92. The number of sulfonamides is 1. The van der Waals surface area contributed by atoms with Gasteiger partial charge >= 0.3 is 5.76 Å². The molecule has 6 nitrogen and oxygen atoms in total. The lowest BCUT2D eigenvalue weighted by atomic mass is 10.3. The average molecular weight is 364 g/mol. The maximum atomic E-state index is 12.6. The highest BCUT2D eigenvalue weighted by atomic mass is 32.2. The van der Waals surface area contributed by atoms with Gasteiger partial charge in [-0.1, -0.05) is 6.07 Å². The van der Waals surface area contributed by atoms with Crippen molar-refractivity contribution in [1.29, 1.82) is 0 Å². The minimum absolute atomic E-state index is 0.0431. The van der Waals surface area contributed by atoms with Crippen molar-refractivity contribution in [2.75, 3.05) is 11.0 Å². The van der Waals surface area contributed by atoms with Crippen LogP contribution in [-0.2, 0) is 16.6 Å². The zero-order valence-corrected chi connectivity index (χ0v) is 14.8. The molecular formula is C16H16N2O4S2. The molecule has 1 N–H and O–H groups in total. The van der Waals surface area contributed by atoms with Gasteiger partial charge < -0.3 is 4.42 Å². The van der Waals surface area contributed by atoms with Gasteiger partial charge in [0.1, 0.15) is 0 Å². The highest BCUT2D eigenvalue weighted by Crippen LogP contribution is 2.23. The molecule has 1 aromatic heterocycles. The van der Waals surface area contributed by atoms with Crippen molar-refractivity contribution in [3.8, 4) is 0 Å². The van der Waals surface area contributed by atoms with E-state index in [1.807, 2.05) is 19.2 Å². The quantitative estimate of drug-likeness (QED) is 0.704. The predicted molar refractivity (Wildman–Crippen MR) is 95.2 cm³/mol. The lowest BCUT2D eigenvalue weighted by molar-refractivity contribution is 0.512. The molecule has 2 aromatic carbocycles. The number of hydrogen-bond acceptors (Lipinski definition) is 5. The minimum Gasteiger partial charge on any atom is -0.408 e. The zero-order chi connectivity index (χ0) is 17.3. The first kappa shape index (κ1) is 16.7. The van der Waals surface area contributed by atoms with E-state index in [-0.39, 0.29) is 10.5 Å². The summed E-state index contributed by atoms with van der Waals surface area (Å²) in [6.45, 7) is 2.28. The number of hydrogen-bond donors (Lipinski definition) is 1. The number of nitrogens with zero attached hydrogens (tertiary/aromatic N) is 1. The summed E-state index contributed by atoms with van der Waals surface area (Å²) in [5, 5.41) is 0. The summed E-state index contributed by atoms with van der Waals surface area (Å²) < 4.78 is 34.2. The highest BCUT2D eigenvalue weighted by Gasteiger charge is 2.17. The van der Waals surface area contributed by atoms with Gasteiger partial charge in [-0.15, -0.1) is 11.8 Å². The van der Waals surface area contributed by atoms with E-state index in [9.17, 15) is 13.2 Å². The number of fused-ring (bicyclic) bond motifs is 1. The van der Waals surface area contributed by atoms with E-state index >= 15 is 0 Å². The molecule has 0 amide bonds. The lowest BCUT2D eigenvalue weighted by Gasteiger charge is -2.09. The Morgan fingerprint density at radius 2 is 2.00 bits per heavy atom. The Balaban J connectivity index is 2.00. The average Bonchev–Trinajstić information content (AvgIpc) is 2.88. The Morgan fingerprint density at radius 1 is 1.21 bits per heavy atom. The SMILES string of the molecule is CCn1c(=O)oc2cc(S(=O)(=O)Nc3cccc(SC)c3)ccc21. The molecule has 0 bridgehead atoms. The first-order valence-corrected chi connectivity index (χ1v) is 9.95. The second-order valence-corrected chi connectivity index (χ2v) is 7.64. The van der Waals surface area contributed by atoms with Gasteiger partial charge in [0.25, 0.3) is 10.0 Å². The number of benzene rings is 2. The third-order valence-electron chi connectivity index (χ3n) is 3.59. The van der Waals surface area contributed by atoms with Gasteiger partial charge in [-0.05, 0) is 43.5 Å². The van der Waals surface area contributed by atoms with Gasteiger partial charge in [0.05, 0.1) is 10.4 Å². The van der Waals surface area contributed by atoms with Gasteiger partial charge in [-0.2, -0.15) is 0 Å². The fourth-order valence-corrected chi connectivity index (χ4v) is 3.94. The first-order valence-electron chi connectivity index (χ1n) is 7.25. The van der Waals surface area contributed by atoms with Crippen molar-refractivity contribution >= 4 is 38.6 Å². The van der Waals surface area contributed by atoms with E-state index in [4.69, 9.17) is 4.42 Å². The number of nitrogens with one attached hydrogen (secondary N) is 1. The van der Waals surface area contributed by atoms with Crippen molar-refractivity contribution in [1.82, 2.24) is 4.57 Å². The molecule has 3 rings (SSSR count). The molecule has 0 fully saturated rings. The molecule has 0 atom stereocenters. The molecule has 126 valence electrons. The van der Waals surface area contributed by atoms with Gasteiger partial charge in [-0.25, -0.2) is 13.2 Å². The molecule has 0 spiro atoms. The lowest BCUT2D eigenvalue weighted by Crippen LogP contribution is -2.13. The van der Waals surface area contributed by atoms with E-state index in [0.717, 1.165) is 4.90 Å². The second-order valence-electron chi connectivity index (χ2n) is 5.08. The zero-order valence-electron chi connectivity index (χ0n) is 13.1. The number of aryl methyl sites for hydroxylation is 1. The summed E-state index contributed by atoms with van der Waals surface area (Å²) in [6, 6.07) is 11.5. The molecule has 8 heteroatoms. The number of aromatic nitrogens is 1. The Bertz CT molecular complexity index is 1050. The Hall–Kier alpha value is -2.19. The van der Waals surface area contributed by atoms with Crippen LogP contribution in [0, 0.1) is 0 Å². The monoisotopic (exact) mass is 364 g/mol. The number of thioether (sulfide) groups is 1. The van der Waals surface area contributed by atoms with Crippen molar-refractivity contribution < 1.29 is 12.8 Å². The van der Waals surface area contributed by atoms with Crippen LogP contribution in [-0.4, -0.2) is 19.2 Å². The van der Waals surface area contributed by atoms with Crippen LogP contribution in [0.1, 0.15) is 6.92 Å². The Morgan fingerprint density at radius 3 is 2.71 bits per heavy atom. The van der Waals surface area contributed by atoms with Gasteiger partial charge in [-0.3, -0.25) is 9.29 Å². The van der Waals surface area contributed by atoms with Gasteiger partial charge in [0.2, 0.25) is 0 Å². The summed E-state index contributed by atoms with van der Waals surface area (Å²) >= 11 is 1.53. The van der Waals surface area contributed by atoms with Crippen LogP contribution in [0.3, 0.4) is 0 Å². The van der Waals surface area contributed by atoms with Crippen molar-refractivity contribution in [3.05, 3.63) is 53.0 Å². The smallest absolute Gasteiger partial charge is 0.408 e. The maximum absolute atomic E-state index is 12.6. The van der Waals surface area contributed by atoms with Crippen LogP contribution >= 0.6 is 11.8 Å². The van der Waals surface area contributed by atoms with Crippen molar-refractivity contribution in [2.24, 2.45) is 0 Å². The molecule has 0 unspecified atom stereocenters. The van der Waals surface area contributed by atoms with E-state index in [0.29, 0.717) is 17.7 Å². The fraction of sp³-hybridized carbons (Fsp3) is 0.188. The van der Waals surface area contributed by atoms with Gasteiger partial charge in [0, 0.05) is 23.2 Å². The molecule has 0 saturated carbocycles. The molecule has 0 saturated heterocycles. The largest absolute Gasteiger partial charge is 0.419 e. The normalized spacial score (nSPS) is 11.8. The van der Waals surface area contributed by atoms with Gasteiger partial charge in [0.15, 0.2) is 5.58 Å². The molecule has 1 heterocycles. The van der Waals surface area contributed by atoms with E-state index in [1.165, 1.54) is 28.5 Å². The molecule has 3 aromatic rings. The Labute approximate surface area is 143 Å². The summed E-state index contributed by atoms with van der Waals surface area (Å²) in [7, 11) is -3.77. The van der Waals surface area contributed by atoms with Crippen LogP contribution in [0.15, 0.2) is 61.5 Å². The third kappa shape index (κ3) is 3.07. The molecule has 0 aliphatic carbocycles. The predicted octanol–water partition coefficient (Wildman–Crippen LogP) is 3.14. The van der Waals surface area contributed by atoms with Crippen LogP contribution < -0.4 is 10.5 Å². The van der Waals surface area contributed by atoms with E-state index in [1.54, 1.807) is 24.3 Å². The topological polar surface area (TPSA) is 81.3 Å². The molecular weight excluding hydrogens is 348 g/mol. The standard InChI is InChI=1S/C16H16N2O4S2/c1-3-18-14-8-7-13(10-15(14)22-16(18)19)24(20,21)17-11-5-4-6-12(9-11)23-2/h4-10,17H,3H2,1-2H3. The first-order chi connectivity index (χ1) is 11.4. The molecule has 0 radical (unpaired) electrons. The maximum Gasteiger partial charge on any atom is 0.419 e. The van der Waals surface area contributed by atoms with Crippen LogP contribution in [0.2, 0.25) is 0 Å². The Kier molecular flexibility index (Phi) is 4.42. The summed E-state index contributed by atoms with van der Waals surface area (Å²) in [5.74, 6) is -0.498. The fourth-order valence-electron chi connectivity index (χ4n) is 2.41. The minimum atomic E-state index is -3.77. The third-order valence-corrected chi connectivity index (χ3v) is 5.69. The van der Waals surface area contributed by atoms with E-state index in [2.05, 4.69) is 4.72 Å². The molecule has 0 aliphatic heterocycles. The van der Waals surface area contributed by atoms with E-state index < -0.39 is 15.8 Å². The summed E-state index contributed by atoms with van der Waals surface area (Å²) in [5.41, 5.74) is 1.31. The summed E-state index contributed by atoms with van der Waals surface area (Å²) in [4.78, 5) is 12.7. The van der Waals surface area contributed by atoms with Crippen LogP contribution in [0.5, 0.6) is 0 Å². The highest BCUT2D eigenvalue weighted by molar-refractivity contribution is 7.98. The van der Waals surface area contributed by atoms with Crippen molar-refractivity contribution in [2.45, 2.75) is 23.3 Å². The number of anilines is 1. The number of oxazole rings is 1. The molecule has 0 aliphatic rings. The second kappa shape index (κ2) is 6.37. The van der Waals surface area contributed by atoms with Crippen molar-refractivity contribution in [3.63, 3.8) is 0 Å². The van der Waals surface area contributed by atoms with Crippen LogP contribution in [0.25, 0.3) is 11.1 Å².